The summed E-state index contributed by atoms with van der Waals surface area (Å²) in [7, 11) is 1.58. The number of ether oxygens (including phenoxy) is 2. The van der Waals surface area contributed by atoms with E-state index in [0.717, 1.165) is 37.1 Å². The summed E-state index contributed by atoms with van der Waals surface area (Å²) in [5, 5.41) is 20.1. The fourth-order valence-corrected chi connectivity index (χ4v) is 4.57. The van der Waals surface area contributed by atoms with E-state index in [9.17, 15) is 4.79 Å². The molecule has 0 spiro atoms. The number of aromatic nitrogens is 5. The number of aryl methyl sites for hydroxylation is 1. The average molecular weight is 560 g/mol. The Labute approximate surface area is 237 Å². The zero-order valence-corrected chi connectivity index (χ0v) is 23.3. The van der Waals surface area contributed by atoms with Crippen molar-refractivity contribution < 1.29 is 18.9 Å². The number of amides is 1. The number of carbonyl (C=O) groups excluding carboxylic acids is 1. The molecule has 3 N–H and O–H groups in total. The van der Waals surface area contributed by atoms with Crippen molar-refractivity contribution in [3.05, 3.63) is 70.5 Å². The minimum absolute atomic E-state index is 0.00932. The van der Waals surface area contributed by atoms with Crippen LogP contribution in [0.2, 0.25) is 0 Å². The highest BCUT2D eigenvalue weighted by molar-refractivity contribution is 6.01. The van der Waals surface area contributed by atoms with Gasteiger partial charge in [0, 0.05) is 12.1 Å². The van der Waals surface area contributed by atoms with Crippen molar-refractivity contribution in [2.75, 3.05) is 25.9 Å². The molecule has 0 saturated carbocycles. The second kappa shape index (κ2) is 12.6. The first-order valence-corrected chi connectivity index (χ1v) is 13.4. The predicted octanol–water partition coefficient (Wildman–Crippen LogP) is 3.27. The molecule has 1 amide bonds. The molecule has 214 valence electrons. The maximum absolute atomic E-state index is 13.4. The first-order valence-electron chi connectivity index (χ1n) is 13.4. The van der Waals surface area contributed by atoms with Gasteiger partial charge in [-0.3, -0.25) is 9.69 Å². The van der Waals surface area contributed by atoms with Crippen molar-refractivity contribution in [3.63, 3.8) is 0 Å². The Hall–Kier alpha value is -4.78. The minimum atomic E-state index is -0.520. The Kier molecular flexibility index (Phi) is 8.53. The lowest BCUT2D eigenvalue weighted by molar-refractivity contribution is 0.0944. The number of methoxy groups -OCH3 is 1. The van der Waals surface area contributed by atoms with Crippen molar-refractivity contribution in [3.8, 4) is 17.3 Å². The normalized spacial score (nSPS) is 14.2. The molecule has 0 unspecified atom stereocenters. The van der Waals surface area contributed by atoms with Crippen LogP contribution in [0, 0.1) is 6.92 Å². The molecule has 1 aliphatic heterocycles. The Bertz CT molecular complexity index is 1520. The summed E-state index contributed by atoms with van der Waals surface area (Å²) in [5.74, 6) is 0.707. The Morgan fingerprint density at radius 1 is 1.10 bits per heavy atom. The first-order chi connectivity index (χ1) is 19.9. The van der Waals surface area contributed by atoms with Gasteiger partial charge in [-0.2, -0.15) is 9.78 Å². The summed E-state index contributed by atoms with van der Waals surface area (Å²) in [5.41, 5.74) is 12.7. The Morgan fingerprint density at radius 2 is 1.88 bits per heavy atom. The molecule has 0 atom stereocenters. The summed E-state index contributed by atoms with van der Waals surface area (Å²) in [4.78, 5) is 15.7. The smallest absolute Gasteiger partial charge is 0.292 e. The number of hydrogen-bond donors (Lipinski definition) is 2. The summed E-state index contributed by atoms with van der Waals surface area (Å²) in [6, 6.07) is 13.6. The molecule has 13 heteroatoms. The fourth-order valence-electron chi connectivity index (χ4n) is 4.57. The maximum Gasteiger partial charge on any atom is 0.292 e. The number of rotatable bonds is 10. The monoisotopic (exact) mass is 559 g/mol. The van der Waals surface area contributed by atoms with E-state index in [1.807, 2.05) is 49.4 Å². The molecule has 0 bridgehead atoms. The van der Waals surface area contributed by atoms with Gasteiger partial charge >= 0.3 is 0 Å². The van der Waals surface area contributed by atoms with Gasteiger partial charge in [0.15, 0.2) is 17.2 Å². The minimum Gasteiger partial charge on any atom is -0.493 e. The van der Waals surface area contributed by atoms with E-state index in [4.69, 9.17) is 19.8 Å². The third-order valence-corrected chi connectivity index (χ3v) is 6.89. The molecule has 41 heavy (non-hydrogen) atoms. The van der Waals surface area contributed by atoms with E-state index in [-0.39, 0.29) is 17.3 Å². The second-order valence-corrected chi connectivity index (χ2v) is 9.88. The van der Waals surface area contributed by atoms with Gasteiger partial charge in [-0.25, -0.2) is 10.1 Å². The van der Waals surface area contributed by atoms with Crippen LogP contribution >= 0.6 is 0 Å². The zero-order valence-electron chi connectivity index (χ0n) is 23.3. The van der Waals surface area contributed by atoms with E-state index in [1.54, 1.807) is 14.0 Å². The fraction of sp³-hybridized carbons (Fsp3) is 0.357. The van der Waals surface area contributed by atoms with Gasteiger partial charge in [0.05, 0.1) is 12.8 Å². The van der Waals surface area contributed by atoms with E-state index in [1.165, 1.54) is 16.7 Å². The number of anilines is 1. The zero-order chi connectivity index (χ0) is 28.8. The molecular weight excluding hydrogens is 526 g/mol. The number of nitrogen functional groups attached to an aromatic ring is 1. The van der Waals surface area contributed by atoms with E-state index in [0.29, 0.717) is 36.1 Å². The molecule has 3 heterocycles. The number of nitrogens with one attached hydrogen (secondary N) is 1. The van der Waals surface area contributed by atoms with Gasteiger partial charge in [0.2, 0.25) is 11.6 Å². The van der Waals surface area contributed by atoms with Crippen LogP contribution in [0.1, 0.15) is 59.1 Å². The van der Waals surface area contributed by atoms with Crippen LogP contribution in [-0.4, -0.2) is 62.0 Å². The highest BCUT2D eigenvalue weighted by Crippen LogP contribution is 2.29. The van der Waals surface area contributed by atoms with Crippen LogP contribution in [0.5, 0.6) is 11.5 Å². The lowest BCUT2D eigenvalue weighted by Gasteiger charge is -2.25. The van der Waals surface area contributed by atoms with Gasteiger partial charge in [-0.05, 0) is 73.9 Å². The van der Waals surface area contributed by atoms with Crippen LogP contribution < -0.4 is 20.6 Å². The molecule has 0 aliphatic carbocycles. The van der Waals surface area contributed by atoms with E-state index >= 15 is 0 Å². The summed E-state index contributed by atoms with van der Waals surface area (Å²) in [6.07, 6.45) is 3.38. The molecule has 13 nitrogen and oxygen atoms in total. The Morgan fingerprint density at radius 3 is 2.59 bits per heavy atom. The standard InChI is InChI=1S/C28H33N9O4/c1-18-7-9-20(10-8-18)17-40-23-12-11-21(15-24(23)39-3)19(2)30-32-28(38)25-22(16-36-13-5-4-6-14-36)31-35-37(25)27-26(29)33-41-34-27/h7-12,15H,4-6,13-14,16-17H2,1-3H3,(H2,29,33)(H,32,38). The van der Waals surface area contributed by atoms with Crippen molar-refractivity contribution in [1.29, 1.82) is 0 Å². The molecule has 5 rings (SSSR count). The van der Waals surface area contributed by atoms with Crippen molar-refractivity contribution in [1.82, 2.24) is 35.6 Å². The number of carbonyl (C=O) groups is 1. The van der Waals surface area contributed by atoms with Crippen LogP contribution in [0.25, 0.3) is 5.82 Å². The number of hydrogen-bond acceptors (Lipinski definition) is 11. The lowest BCUT2D eigenvalue weighted by Crippen LogP contribution is -2.31. The van der Waals surface area contributed by atoms with Gasteiger partial charge in [-0.15, -0.1) is 5.10 Å². The molecule has 2 aromatic heterocycles. The molecule has 2 aromatic carbocycles. The quantitative estimate of drug-likeness (QED) is 0.218. The average Bonchev–Trinajstić information content (AvgIpc) is 3.61. The van der Waals surface area contributed by atoms with Crippen LogP contribution in [0.4, 0.5) is 5.82 Å². The number of benzene rings is 2. The molecule has 1 saturated heterocycles. The summed E-state index contributed by atoms with van der Waals surface area (Å²) in [6.45, 7) is 6.54. The predicted molar refractivity (Wildman–Crippen MR) is 151 cm³/mol. The highest BCUT2D eigenvalue weighted by atomic mass is 16.6. The lowest BCUT2D eigenvalue weighted by atomic mass is 10.1. The van der Waals surface area contributed by atoms with Crippen molar-refractivity contribution in [2.45, 2.75) is 46.3 Å². The van der Waals surface area contributed by atoms with E-state index < -0.39 is 5.91 Å². The maximum atomic E-state index is 13.4. The molecule has 1 aliphatic rings. The van der Waals surface area contributed by atoms with Crippen molar-refractivity contribution in [2.24, 2.45) is 5.10 Å². The number of piperidine rings is 1. The van der Waals surface area contributed by atoms with Crippen LogP contribution in [-0.2, 0) is 13.2 Å². The number of nitrogens with zero attached hydrogens (tertiary/aromatic N) is 7. The molecular formula is C28H33N9O4. The first kappa shape index (κ1) is 27.8. The SMILES string of the molecule is COc1cc(C(C)=NNC(=O)c2c(CN3CCCCC3)nnn2-c2nonc2N)ccc1OCc1ccc(C)cc1. The number of nitrogens with two attached hydrogens (primary N) is 1. The summed E-state index contributed by atoms with van der Waals surface area (Å²) >= 11 is 0. The molecule has 1 fully saturated rings. The molecule has 4 aromatic rings. The van der Waals surface area contributed by atoms with Gasteiger partial charge in [-0.1, -0.05) is 41.5 Å². The Balaban J connectivity index is 1.33. The van der Waals surface area contributed by atoms with Gasteiger partial charge in [0.25, 0.3) is 5.91 Å². The van der Waals surface area contributed by atoms with Crippen LogP contribution in [0.3, 0.4) is 0 Å². The summed E-state index contributed by atoms with van der Waals surface area (Å²) < 4.78 is 17.5. The third-order valence-electron chi connectivity index (χ3n) is 6.89. The van der Waals surface area contributed by atoms with Crippen molar-refractivity contribution >= 4 is 17.4 Å². The van der Waals surface area contributed by atoms with E-state index in [2.05, 4.69) is 36.1 Å². The number of likely N-dealkylation sites (tertiary alicyclic amines) is 1. The topological polar surface area (TPSA) is 159 Å². The largest absolute Gasteiger partial charge is 0.493 e. The molecule has 0 radical (unpaired) electrons. The van der Waals surface area contributed by atoms with Gasteiger partial charge in [0.1, 0.15) is 12.3 Å². The second-order valence-electron chi connectivity index (χ2n) is 9.88. The van der Waals surface area contributed by atoms with Crippen LogP contribution in [0.15, 0.2) is 52.2 Å². The third kappa shape index (κ3) is 6.52. The van der Waals surface area contributed by atoms with Gasteiger partial charge < -0.3 is 15.2 Å². The highest BCUT2D eigenvalue weighted by Gasteiger charge is 2.26. The number of hydrazone groups is 1.